The number of allylic oxidation sites excluding steroid dienone is 1. The number of aromatic amines is 1. The molecule has 3 saturated carbocycles. The fraction of sp³-hybridized carbons (Fsp3) is 0.800. The monoisotopic (exact) mass is 965 g/mol. The quantitative estimate of drug-likeness (QED) is 0.109. The molecule has 19 nitrogen and oxygen atoms in total. The predicted octanol–water partition coefficient (Wildman–Crippen LogP) is 1.14. The average Bonchev–Trinajstić information content (AvgIpc) is 3.76. The fourth-order valence-electron chi connectivity index (χ4n) is 13.7. The molecule has 11 atom stereocenters. The molecular formula is C50H80N10O9. The van der Waals surface area contributed by atoms with E-state index in [0.29, 0.717) is 48.6 Å². The summed E-state index contributed by atoms with van der Waals surface area (Å²) in [4.78, 5) is 82.2. The van der Waals surface area contributed by atoms with E-state index in [4.69, 9.17) is 14.2 Å². The summed E-state index contributed by atoms with van der Waals surface area (Å²) < 4.78 is 20.5. The van der Waals surface area contributed by atoms with Gasteiger partial charge in [0, 0.05) is 110 Å². The fourth-order valence-corrected chi connectivity index (χ4v) is 13.7. The lowest BCUT2D eigenvalue weighted by Gasteiger charge is -2.58. The first-order valence-corrected chi connectivity index (χ1v) is 26.1. The number of hydrogen-bond acceptors (Lipinski definition) is 13. The van der Waals surface area contributed by atoms with E-state index in [0.717, 1.165) is 95.0 Å². The van der Waals surface area contributed by atoms with Crippen molar-refractivity contribution < 1.29 is 33.4 Å². The number of aromatic nitrogens is 2. The van der Waals surface area contributed by atoms with Crippen molar-refractivity contribution in [3.05, 3.63) is 44.8 Å². The number of nitrogens with one attached hydrogen (secondary N) is 7. The SMILES string of the molecule is C[C@@H]1CC[C@@]2(OC1)O[C@H]1C[C@H]3[C@@H]4CC=C5C[C@@H](OC(=O)NCCNC(=O)CN(CCNC(=O)CN6CCNCCNCCNCC6)C(=O)Cn6ccc(=O)[nH]c6=O)CC[C@]5(C)[C@H]4CC[C@]3(C)[C@H]1[C@@H]2C. The molecule has 7 N–H and O–H groups in total. The summed E-state index contributed by atoms with van der Waals surface area (Å²) >= 11 is 0. The standard InChI is InChI=1S/C50H80N10O9/c1-33-7-13-50(67-32-33)34(2)45-40(69-50)28-39-37-6-5-35-27-36(8-11-48(35,3)38(37)9-12-49(39,45)4)68-47(66)56-19-18-54-43(63)30-59(44(64)31-60-23-10-41(61)57-46(60)65)26-22-55-42(62)29-58-24-20-52-16-14-51-15-17-53-21-25-58/h5,10,23,33-34,36-40,45,51-53H,6-9,11-22,24-32H2,1-4H3,(H,54,63)(H,55,62)(H,56,66)(H,57,61,65)/t33-,34+,36+,37-,38+,39+,40+,45+,48+,49+,50-/m1/s1. The van der Waals surface area contributed by atoms with Gasteiger partial charge in [0.2, 0.25) is 17.7 Å². The topological polar surface area (TPSA) is 229 Å². The van der Waals surface area contributed by atoms with E-state index in [2.05, 4.69) is 75.6 Å². The molecule has 1 spiro atoms. The van der Waals surface area contributed by atoms with Crippen molar-refractivity contribution in [2.75, 3.05) is 98.2 Å². The summed E-state index contributed by atoms with van der Waals surface area (Å²) in [5, 5.41) is 18.5. The third-order valence-corrected chi connectivity index (χ3v) is 17.4. The van der Waals surface area contributed by atoms with Crippen molar-refractivity contribution in [2.45, 2.75) is 110 Å². The smallest absolute Gasteiger partial charge is 0.407 e. The highest BCUT2D eigenvalue weighted by molar-refractivity contribution is 5.85. The van der Waals surface area contributed by atoms with Crippen molar-refractivity contribution in [3.8, 4) is 0 Å². The van der Waals surface area contributed by atoms with Crippen LogP contribution in [0.1, 0.15) is 85.5 Å². The van der Waals surface area contributed by atoms with E-state index in [1.54, 1.807) is 0 Å². The second-order valence-electron chi connectivity index (χ2n) is 21.8. The normalized spacial score (nSPS) is 34.9. The number of ether oxygens (including phenoxy) is 3. The molecule has 6 fully saturated rings. The van der Waals surface area contributed by atoms with Crippen molar-refractivity contribution in [3.63, 3.8) is 0 Å². The van der Waals surface area contributed by atoms with E-state index in [-0.39, 0.29) is 68.2 Å². The molecule has 0 unspecified atom stereocenters. The second kappa shape index (κ2) is 22.5. The van der Waals surface area contributed by atoms with E-state index < -0.39 is 41.5 Å². The highest BCUT2D eigenvalue weighted by Gasteiger charge is 2.68. The maximum atomic E-state index is 13.5. The Morgan fingerprint density at radius 1 is 0.855 bits per heavy atom. The zero-order valence-electron chi connectivity index (χ0n) is 41.5. The van der Waals surface area contributed by atoms with Gasteiger partial charge >= 0.3 is 11.8 Å². The highest BCUT2D eigenvalue weighted by atomic mass is 16.7. The Kier molecular flexibility index (Phi) is 16.7. The summed E-state index contributed by atoms with van der Waals surface area (Å²) in [6, 6.07) is 1.14. The summed E-state index contributed by atoms with van der Waals surface area (Å²) in [6.45, 7) is 16.5. The lowest BCUT2D eigenvalue weighted by atomic mass is 9.47. The van der Waals surface area contributed by atoms with Gasteiger partial charge in [-0.15, -0.1) is 0 Å². The van der Waals surface area contributed by atoms with Gasteiger partial charge < -0.3 is 51.0 Å². The molecule has 4 heterocycles. The Hall–Kier alpha value is -4.14. The number of carbonyl (C=O) groups is 4. The van der Waals surface area contributed by atoms with E-state index in [9.17, 15) is 28.8 Å². The van der Waals surface area contributed by atoms with Gasteiger partial charge in [-0.3, -0.25) is 33.6 Å². The van der Waals surface area contributed by atoms with Crippen molar-refractivity contribution >= 4 is 23.8 Å². The van der Waals surface area contributed by atoms with Crippen molar-refractivity contribution in [1.29, 1.82) is 0 Å². The molecule has 0 aromatic carbocycles. The minimum absolute atomic E-state index is 0.0000775. The molecule has 0 bridgehead atoms. The Morgan fingerprint density at radius 3 is 2.30 bits per heavy atom. The van der Waals surface area contributed by atoms with Gasteiger partial charge in [-0.2, -0.15) is 0 Å². The Labute approximate surface area is 406 Å². The number of fused-ring (bicyclic) bond motifs is 7. The number of rotatable bonds is 13. The van der Waals surface area contributed by atoms with E-state index in [1.165, 1.54) is 35.9 Å². The third kappa shape index (κ3) is 11.8. The molecule has 3 saturated heterocycles. The first-order valence-electron chi connectivity index (χ1n) is 26.1. The summed E-state index contributed by atoms with van der Waals surface area (Å²) in [5.74, 6) is 1.75. The van der Waals surface area contributed by atoms with Gasteiger partial charge in [-0.1, -0.05) is 39.3 Å². The van der Waals surface area contributed by atoms with Crippen LogP contribution in [0, 0.1) is 46.3 Å². The van der Waals surface area contributed by atoms with Crippen LogP contribution in [0.4, 0.5) is 4.79 Å². The number of amides is 4. The highest BCUT2D eigenvalue weighted by Crippen LogP contribution is 2.70. The molecule has 8 rings (SSSR count). The van der Waals surface area contributed by atoms with Gasteiger partial charge in [0.15, 0.2) is 5.79 Å². The van der Waals surface area contributed by atoms with Gasteiger partial charge in [-0.25, -0.2) is 9.59 Å². The van der Waals surface area contributed by atoms with Gasteiger partial charge in [0.1, 0.15) is 12.6 Å². The molecule has 4 aliphatic carbocycles. The van der Waals surface area contributed by atoms with E-state index in [1.807, 2.05) is 0 Å². The third-order valence-electron chi connectivity index (χ3n) is 17.4. The van der Waals surface area contributed by atoms with Crippen LogP contribution < -0.4 is 43.1 Å². The van der Waals surface area contributed by atoms with Crippen LogP contribution in [-0.2, 0) is 35.1 Å². The van der Waals surface area contributed by atoms with Crippen molar-refractivity contribution in [2.24, 2.45) is 46.3 Å². The molecule has 69 heavy (non-hydrogen) atoms. The lowest BCUT2D eigenvalue weighted by molar-refractivity contribution is -0.272. The Balaban J connectivity index is 0.781. The summed E-state index contributed by atoms with van der Waals surface area (Å²) in [7, 11) is 0. The maximum absolute atomic E-state index is 13.5. The number of H-pyrrole nitrogens is 1. The zero-order chi connectivity index (χ0) is 48.8. The molecular weight excluding hydrogens is 885 g/mol. The molecule has 3 aliphatic heterocycles. The predicted molar refractivity (Wildman–Crippen MR) is 259 cm³/mol. The van der Waals surface area contributed by atoms with Crippen LogP contribution in [0.2, 0.25) is 0 Å². The average molecular weight is 965 g/mol. The van der Waals surface area contributed by atoms with Crippen LogP contribution in [-0.4, -0.2) is 159 Å². The number of hydrogen-bond donors (Lipinski definition) is 7. The molecule has 19 heteroatoms. The number of nitrogens with zero attached hydrogens (tertiary/aromatic N) is 3. The molecule has 384 valence electrons. The first kappa shape index (κ1) is 51.2. The molecule has 0 radical (unpaired) electrons. The lowest BCUT2D eigenvalue weighted by Crippen LogP contribution is -2.52. The van der Waals surface area contributed by atoms with Crippen LogP contribution in [0.5, 0.6) is 0 Å². The minimum atomic E-state index is -0.754. The van der Waals surface area contributed by atoms with Crippen molar-refractivity contribution in [1.82, 2.24) is 51.3 Å². The summed E-state index contributed by atoms with van der Waals surface area (Å²) in [6.07, 6.45) is 12.6. The second-order valence-corrected chi connectivity index (χ2v) is 21.8. The van der Waals surface area contributed by atoms with Gasteiger partial charge in [0.05, 0.1) is 25.8 Å². The first-order chi connectivity index (χ1) is 33.2. The molecule has 1 aromatic heterocycles. The molecule has 1 aromatic rings. The number of carbonyl (C=O) groups excluding carboxylic acids is 4. The maximum Gasteiger partial charge on any atom is 0.407 e. The largest absolute Gasteiger partial charge is 0.446 e. The number of alkyl carbamates (subject to hydrolysis) is 1. The van der Waals surface area contributed by atoms with Crippen LogP contribution in [0.25, 0.3) is 0 Å². The minimum Gasteiger partial charge on any atom is -0.446 e. The van der Waals surface area contributed by atoms with Crippen LogP contribution in [0.15, 0.2) is 33.5 Å². The molecule has 4 amide bonds. The van der Waals surface area contributed by atoms with Gasteiger partial charge in [0.25, 0.3) is 5.56 Å². The Morgan fingerprint density at radius 2 is 1.58 bits per heavy atom. The van der Waals surface area contributed by atoms with Crippen LogP contribution in [0.3, 0.4) is 0 Å². The zero-order valence-corrected chi connectivity index (χ0v) is 41.5. The van der Waals surface area contributed by atoms with E-state index >= 15 is 0 Å². The molecule has 7 aliphatic rings. The van der Waals surface area contributed by atoms with Crippen LogP contribution >= 0.6 is 0 Å². The summed E-state index contributed by atoms with van der Waals surface area (Å²) in [5.41, 5.74) is 0.426. The Bertz CT molecular complexity index is 2110. The van der Waals surface area contributed by atoms with Gasteiger partial charge in [-0.05, 0) is 85.4 Å².